The van der Waals surface area contributed by atoms with E-state index in [0.717, 1.165) is 12.0 Å². The highest BCUT2D eigenvalue weighted by molar-refractivity contribution is 9.10. The Morgan fingerprint density at radius 2 is 2.50 bits per heavy atom. The molecule has 0 aliphatic heterocycles. The Morgan fingerprint density at radius 3 is 3.00 bits per heavy atom. The molecule has 0 aromatic carbocycles. The minimum absolute atomic E-state index is 0.507. The fraction of sp³-hybridized carbons (Fsp3) is 0.636. The molecule has 3 heteroatoms. The lowest BCUT2D eigenvalue weighted by molar-refractivity contribution is 0.545. The van der Waals surface area contributed by atoms with Gasteiger partial charge in [-0.05, 0) is 41.3 Å². The second-order valence-corrected chi connectivity index (χ2v) is 5.92. The summed E-state index contributed by atoms with van der Waals surface area (Å²) in [6.45, 7) is 4.53. The summed E-state index contributed by atoms with van der Waals surface area (Å²) in [5, 5.41) is 5.82. The molecule has 0 amide bonds. The maximum Gasteiger partial charge on any atom is 0.0388 e. The second-order valence-electron chi connectivity index (χ2n) is 4.07. The van der Waals surface area contributed by atoms with Gasteiger partial charge in [0.05, 0.1) is 0 Å². The molecule has 1 aliphatic carbocycles. The van der Waals surface area contributed by atoms with Gasteiger partial charge in [0.2, 0.25) is 0 Å². The molecule has 1 aromatic rings. The predicted molar refractivity (Wildman–Crippen MR) is 65.8 cm³/mol. The Balaban J connectivity index is 1.87. The highest BCUT2D eigenvalue weighted by Crippen LogP contribution is 2.36. The molecular weight excluding hydrogens is 258 g/mol. The van der Waals surface area contributed by atoms with Crippen molar-refractivity contribution in [2.45, 2.75) is 38.8 Å². The van der Waals surface area contributed by atoms with Crippen LogP contribution in [-0.4, -0.2) is 6.04 Å². The van der Waals surface area contributed by atoms with Gasteiger partial charge in [0.15, 0.2) is 0 Å². The average Bonchev–Trinajstić information content (AvgIpc) is 2.77. The monoisotopic (exact) mass is 273 g/mol. The maximum absolute atomic E-state index is 3.67. The molecule has 3 unspecified atom stereocenters. The molecule has 1 aromatic heterocycles. The van der Waals surface area contributed by atoms with E-state index in [4.69, 9.17) is 0 Å². The first-order valence-electron chi connectivity index (χ1n) is 5.20. The van der Waals surface area contributed by atoms with Crippen LogP contribution in [0.25, 0.3) is 0 Å². The van der Waals surface area contributed by atoms with E-state index in [0.29, 0.717) is 6.04 Å². The summed E-state index contributed by atoms with van der Waals surface area (Å²) in [6.07, 6.45) is 2.69. The molecule has 2 rings (SSSR count). The summed E-state index contributed by atoms with van der Waals surface area (Å²) in [5.41, 5.74) is 0. The molecule has 0 radical (unpaired) electrons. The summed E-state index contributed by atoms with van der Waals surface area (Å²) in [7, 11) is 0. The van der Waals surface area contributed by atoms with Gasteiger partial charge in [0, 0.05) is 26.8 Å². The Bertz CT molecular complexity index is 310. The van der Waals surface area contributed by atoms with Crippen LogP contribution in [0.5, 0.6) is 0 Å². The van der Waals surface area contributed by atoms with Gasteiger partial charge in [-0.25, -0.2) is 0 Å². The topological polar surface area (TPSA) is 12.0 Å². The third-order valence-electron chi connectivity index (χ3n) is 2.93. The average molecular weight is 274 g/mol. The van der Waals surface area contributed by atoms with Crippen molar-refractivity contribution in [3.8, 4) is 0 Å². The van der Waals surface area contributed by atoms with E-state index in [1.54, 1.807) is 0 Å². The van der Waals surface area contributed by atoms with Gasteiger partial charge in [-0.15, -0.1) is 11.3 Å². The largest absolute Gasteiger partial charge is 0.306 e. The fourth-order valence-electron chi connectivity index (χ4n) is 1.86. The normalized spacial score (nSPS) is 27.6. The zero-order valence-corrected chi connectivity index (χ0v) is 11.0. The number of hydrogen-bond acceptors (Lipinski definition) is 2. The quantitative estimate of drug-likeness (QED) is 0.876. The zero-order valence-electron chi connectivity index (χ0n) is 8.59. The van der Waals surface area contributed by atoms with Crippen LogP contribution in [0.3, 0.4) is 0 Å². The lowest BCUT2D eigenvalue weighted by atomic mass is 10.2. The Labute approximate surface area is 98.0 Å². The van der Waals surface area contributed by atoms with Crippen LogP contribution in [0.1, 0.15) is 37.6 Å². The molecule has 14 heavy (non-hydrogen) atoms. The molecule has 1 nitrogen and oxygen atoms in total. The number of nitrogens with one attached hydrogen (secondary N) is 1. The number of thiophene rings is 1. The Morgan fingerprint density at radius 1 is 1.71 bits per heavy atom. The highest BCUT2D eigenvalue weighted by Gasteiger charge is 2.35. The van der Waals surface area contributed by atoms with E-state index in [9.17, 15) is 0 Å². The van der Waals surface area contributed by atoms with E-state index in [1.807, 2.05) is 11.3 Å². The molecular formula is C11H16BrNS. The highest BCUT2D eigenvalue weighted by atomic mass is 79.9. The molecule has 0 bridgehead atoms. The molecule has 78 valence electrons. The lowest BCUT2D eigenvalue weighted by Gasteiger charge is -2.11. The molecule has 1 fully saturated rings. The number of rotatable bonds is 4. The van der Waals surface area contributed by atoms with Gasteiger partial charge in [-0.3, -0.25) is 0 Å². The molecule has 0 spiro atoms. The van der Waals surface area contributed by atoms with Gasteiger partial charge in [0.1, 0.15) is 0 Å². The predicted octanol–water partition coefficient (Wildman–Crippen LogP) is 3.96. The van der Waals surface area contributed by atoms with Crippen LogP contribution in [0.15, 0.2) is 15.9 Å². The van der Waals surface area contributed by atoms with E-state index >= 15 is 0 Å². The van der Waals surface area contributed by atoms with Crippen LogP contribution in [0.4, 0.5) is 0 Å². The van der Waals surface area contributed by atoms with Gasteiger partial charge < -0.3 is 5.32 Å². The van der Waals surface area contributed by atoms with Crippen molar-refractivity contribution in [2.75, 3.05) is 0 Å². The summed E-state index contributed by atoms with van der Waals surface area (Å²) in [5.74, 6) is 0.931. The van der Waals surface area contributed by atoms with Gasteiger partial charge in [-0.1, -0.05) is 13.3 Å². The molecule has 1 saturated carbocycles. The van der Waals surface area contributed by atoms with Crippen LogP contribution in [-0.2, 0) is 0 Å². The smallest absolute Gasteiger partial charge is 0.0388 e. The summed E-state index contributed by atoms with van der Waals surface area (Å²) in [6, 6.07) is 3.50. The Kier molecular flexibility index (Phi) is 3.30. The van der Waals surface area contributed by atoms with Crippen molar-refractivity contribution in [3.05, 3.63) is 20.8 Å². The molecule has 1 heterocycles. The lowest BCUT2D eigenvalue weighted by Crippen LogP contribution is -2.21. The Hall–Kier alpha value is 0.140. The van der Waals surface area contributed by atoms with Gasteiger partial charge >= 0.3 is 0 Å². The van der Waals surface area contributed by atoms with Gasteiger partial charge in [0.25, 0.3) is 0 Å². The second kappa shape index (κ2) is 4.33. The van der Waals surface area contributed by atoms with Crippen LogP contribution >= 0.6 is 27.3 Å². The van der Waals surface area contributed by atoms with Crippen molar-refractivity contribution in [3.63, 3.8) is 0 Å². The van der Waals surface area contributed by atoms with Crippen molar-refractivity contribution in [2.24, 2.45) is 5.92 Å². The van der Waals surface area contributed by atoms with Crippen molar-refractivity contribution >= 4 is 27.3 Å². The van der Waals surface area contributed by atoms with Crippen LogP contribution in [0, 0.1) is 5.92 Å². The van der Waals surface area contributed by atoms with E-state index in [2.05, 4.69) is 46.5 Å². The minimum Gasteiger partial charge on any atom is -0.306 e. The van der Waals surface area contributed by atoms with E-state index in [-0.39, 0.29) is 0 Å². The number of halogens is 1. The first-order chi connectivity index (χ1) is 6.70. The molecule has 3 atom stereocenters. The summed E-state index contributed by atoms with van der Waals surface area (Å²) >= 11 is 5.32. The SMILES string of the molecule is CCC1CC1NC(C)c1cc(Br)cs1. The fourth-order valence-corrected chi connectivity index (χ4v) is 3.32. The molecule has 1 N–H and O–H groups in total. The van der Waals surface area contributed by atoms with Crippen LogP contribution < -0.4 is 5.32 Å². The van der Waals surface area contributed by atoms with Gasteiger partial charge in [-0.2, -0.15) is 0 Å². The molecule has 0 saturated heterocycles. The molecule has 1 aliphatic rings. The third kappa shape index (κ3) is 2.38. The minimum atomic E-state index is 0.507. The van der Waals surface area contributed by atoms with Crippen molar-refractivity contribution < 1.29 is 0 Å². The summed E-state index contributed by atoms with van der Waals surface area (Å²) < 4.78 is 1.20. The van der Waals surface area contributed by atoms with Crippen molar-refractivity contribution in [1.82, 2.24) is 5.32 Å². The zero-order chi connectivity index (χ0) is 10.1. The van der Waals surface area contributed by atoms with E-state index < -0.39 is 0 Å². The van der Waals surface area contributed by atoms with E-state index in [1.165, 1.54) is 22.2 Å². The maximum atomic E-state index is 3.67. The third-order valence-corrected chi connectivity index (χ3v) is 4.80. The summed E-state index contributed by atoms with van der Waals surface area (Å²) in [4.78, 5) is 1.43. The van der Waals surface area contributed by atoms with Crippen LogP contribution in [0.2, 0.25) is 0 Å². The van der Waals surface area contributed by atoms with Crippen molar-refractivity contribution in [1.29, 1.82) is 0 Å². The number of hydrogen-bond donors (Lipinski definition) is 1. The first kappa shape index (κ1) is 10.7. The first-order valence-corrected chi connectivity index (χ1v) is 6.88. The standard InChI is InChI=1S/C11H16BrNS/c1-3-8-4-10(8)13-7(2)11-5-9(12)6-14-11/h5-8,10,13H,3-4H2,1-2H3.